The fraction of sp³-hybridized carbons (Fsp3) is 0.385. The van der Waals surface area contributed by atoms with Crippen LogP contribution in [0.25, 0.3) is 0 Å². The maximum atomic E-state index is 5.91. The quantitative estimate of drug-likeness (QED) is 0.897. The molecule has 1 aromatic heterocycles. The lowest BCUT2D eigenvalue weighted by molar-refractivity contribution is 0.282. The van der Waals surface area contributed by atoms with E-state index in [4.69, 9.17) is 15.0 Å². The van der Waals surface area contributed by atoms with Gasteiger partial charge in [-0.25, -0.2) is 0 Å². The summed E-state index contributed by atoms with van der Waals surface area (Å²) in [4.78, 5) is 4.09. The Morgan fingerprint density at radius 3 is 2.78 bits per heavy atom. The van der Waals surface area contributed by atoms with Crippen LogP contribution in [0.4, 0.5) is 0 Å². The maximum absolute atomic E-state index is 5.91. The van der Waals surface area contributed by atoms with Gasteiger partial charge in [-0.2, -0.15) is 4.98 Å². The van der Waals surface area contributed by atoms with Crippen LogP contribution < -0.4 is 10.5 Å². The van der Waals surface area contributed by atoms with E-state index < -0.39 is 0 Å². The van der Waals surface area contributed by atoms with Crippen molar-refractivity contribution in [1.29, 1.82) is 0 Å². The number of aromatic nitrogens is 2. The molecule has 0 aliphatic rings. The number of hydrogen-bond donors (Lipinski definition) is 1. The lowest BCUT2D eigenvalue weighted by Gasteiger charge is -2.13. The van der Waals surface area contributed by atoms with Gasteiger partial charge in [0.2, 0.25) is 11.7 Å². The van der Waals surface area contributed by atoms with Crippen LogP contribution in [0.1, 0.15) is 35.8 Å². The van der Waals surface area contributed by atoms with E-state index in [0.29, 0.717) is 11.7 Å². The van der Waals surface area contributed by atoms with Gasteiger partial charge >= 0.3 is 0 Å². The number of rotatable bonds is 4. The first-order chi connectivity index (χ1) is 8.56. The molecule has 2 N–H and O–H groups in total. The first kappa shape index (κ1) is 12.6. The van der Waals surface area contributed by atoms with Gasteiger partial charge in [0, 0.05) is 18.5 Å². The minimum absolute atomic E-state index is 0.0763. The van der Waals surface area contributed by atoms with E-state index >= 15 is 0 Å². The van der Waals surface area contributed by atoms with Crippen molar-refractivity contribution >= 4 is 0 Å². The predicted octanol–water partition coefficient (Wildman–Crippen LogP) is 2.29. The van der Waals surface area contributed by atoms with Crippen molar-refractivity contribution in [2.45, 2.75) is 33.4 Å². The van der Waals surface area contributed by atoms with Crippen LogP contribution in [0.15, 0.2) is 22.7 Å². The Labute approximate surface area is 106 Å². The van der Waals surface area contributed by atoms with Gasteiger partial charge in [0.1, 0.15) is 5.75 Å². The summed E-state index contributed by atoms with van der Waals surface area (Å²) in [5, 5.41) is 3.79. The van der Waals surface area contributed by atoms with Crippen LogP contribution in [0.3, 0.4) is 0 Å². The Bertz CT molecular complexity index is 535. The molecular weight excluding hydrogens is 230 g/mol. The molecule has 1 atom stereocenters. The number of nitrogens with zero attached hydrogens (tertiary/aromatic N) is 2. The van der Waals surface area contributed by atoms with Crippen molar-refractivity contribution < 1.29 is 9.26 Å². The molecule has 0 bridgehead atoms. The highest BCUT2D eigenvalue weighted by Crippen LogP contribution is 2.25. The van der Waals surface area contributed by atoms with E-state index in [9.17, 15) is 0 Å². The largest absolute Gasteiger partial charge is 0.485 e. The van der Waals surface area contributed by atoms with E-state index in [2.05, 4.69) is 10.1 Å². The van der Waals surface area contributed by atoms with Crippen molar-refractivity contribution in [3.05, 3.63) is 41.0 Å². The summed E-state index contributed by atoms with van der Waals surface area (Å²) >= 11 is 0. The lowest BCUT2D eigenvalue weighted by Crippen LogP contribution is -2.08. The molecule has 0 aliphatic heterocycles. The van der Waals surface area contributed by atoms with Gasteiger partial charge in [-0.15, -0.1) is 0 Å². The Kier molecular flexibility index (Phi) is 3.62. The Balaban J connectivity index is 2.15. The summed E-state index contributed by atoms with van der Waals surface area (Å²) < 4.78 is 10.6. The average molecular weight is 247 g/mol. The van der Waals surface area contributed by atoms with E-state index in [0.717, 1.165) is 16.9 Å². The van der Waals surface area contributed by atoms with E-state index in [1.165, 1.54) is 0 Å². The molecule has 0 saturated carbocycles. The van der Waals surface area contributed by atoms with Gasteiger partial charge < -0.3 is 15.0 Å². The SMILES string of the molecule is Cc1ccc([C@H](C)N)c(OCc2noc(C)n2)c1. The molecular formula is C13H17N3O2. The van der Waals surface area contributed by atoms with Gasteiger partial charge in [0.25, 0.3) is 0 Å². The first-order valence-corrected chi connectivity index (χ1v) is 5.84. The average Bonchev–Trinajstić information content (AvgIpc) is 2.72. The van der Waals surface area contributed by atoms with Gasteiger partial charge in [0.15, 0.2) is 6.61 Å². The molecule has 0 spiro atoms. The normalized spacial score (nSPS) is 12.4. The Morgan fingerprint density at radius 2 is 2.17 bits per heavy atom. The Hall–Kier alpha value is -1.88. The molecule has 0 saturated heterocycles. The molecule has 0 fully saturated rings. The molecule has 0 radical (unpaired) electrons. The molecule has 96 valence electrons. The molecule has 1 heterocycles. The summed E-state index contributed by atoms with van der Waals surface area (Å²) in [6.07, 6.45) is 0. The molecule has 5 nitrogen and oxygen atoms in total. The minimum Gasteiger partial charge on any atom is -0.485 e. The molecule has 1 aromatic carbocycles. The van der Waals surface area contributed by atoms with Gasteiger partial charge in [-0.3, -0.25) is 0 Å². The second kappa shape index (κ2) is 5.18. The number of ether oxygens (including phenoxy) is 1. The first-order valence-electron chi connectivity index (χ1n) is 5.84. The van der Waals surface area contributed by atoms with E-state index in [-0.39, 0.29) is 12.6 Å². The topological polar surface area (TPSA) is 74.2 Å². The number of aryl methyl sites for hydroxylation is 2. The Morgan fingerprint density at radius 1 is 1.39 bits per heavy atom. The number of hydrogen-bond acceptors (Lipinski definition) is 5. The molecule has 0 unspecified atom stereocenters. The van der Waals surface area contributed by atoms with E-state index in [1.807, 2.05) is 32.0 Å². The molecule has 2 rings (SSSR count). The molecule has 0 aliphatic carbocycles. The predicted molar refractivity (Wildman–Crippen MR) is 67.1 cm³/mol. The zero-order chi connectivity index (χ0) is 13.1. The third-order valence-electron chi connectivity index (χ3n) is 2.59. The summed E-state index contributed by atoms with van der Waals surface area (Å²) in [6.45, 7) is 5.96. The third-order valence-corrected chi connectivity index (χ3v) is 2.59. The minimum atomic E-state index is -0.0763. The highest BCUT2D eigenvalue weighted by molar-refractivity contribution is 5.38. The monoisotopic (exact) mass is 247 g/mol. The number of benzene rings is 1. The van der Waals surface area contributed by atoms with Crippen molar-refractivity contribution in [2.24, 2.45) is 5.73 Å². The van der Waals surface area contributed by atoms with Crippen molar-refractivity contribution in [2.75, 3.05) is 0 Å². The van der Waals surface area contributed by atoms with Crippen molar-refractivity contribution in [3.8, 4) is 5.75 Å². The maximum Gasteiger partial charge on any atom is 0.223 e. The summed E-state index contributed by atoms with van der Waals surface area (Å²) in [7, 11) is 0. The summed E-state index contributed by atoms with van der Waals surface area (Å²) in [5.41, 5.74) is 8.00. The molecule has 5 heteroatoms. The van der Waals surface area contributed by atoms with Crippen LogP contribution >= 0.6 is 0 Å². The van der Waals surface area contributed by atoms with Gasteiger partial charge in [0.05, 0.1) is 0 Å². The fourth-order valence-electron chi connectivity index (χ4n) is 1.68. The second-order valence-corrected chi connectivity index (χ2v) is 4.35. The zero-order valence-corrected chi connectivity index (χ0v) is 10.8. The second-order valence-electron chi connectivity index (χ2n) is 4.35. The third kappa shape index (κ3) is 2.87. The van der Waals surface area contributed by atoms with Crippen LogP contribution in [0, 0.1) is 13.8 Å². The lowest BCUT2D eigenvalue weighted by atomic mass is 10.1. The van der Waals surface area contributed by atoms with Crippen molar-refractivity contribution in [3.63, 3.8) is 0 Å². The van der Waals surface area contributed by atoms with Crippen molar-refractivity contribution in [1.82, 2.24) is 10.1 Å². The van der Waals surface area contributed by atoms with Gasteiger partial charge in [-0.05, 0) is 25.5 Å². The molecule has 18 heavy (non-hydrogen) atoms. The van der Waals surface area contributed by atoms with Crippen LogP contribution in [-0.2, 0) is 6.61 Å². The smallest absolute Gasteiger partial charge is 0.223 e. The highest BCUT2D eigenvalue weighted by atomic mass is 16.5. The molecule has 2 aromatic rings. The van der Waals surface area contributed by atoms with Crippen LogP contribution in [0.2, 0.25) is 0 Å². The molecule has 0 amide bonds. The van der Waals surface area contributed by atoms with Crippen LogP contribution in [-0.4, -0.2) is 10.1 Å². The fourth-order valence-corrected chi connectivity index (χ4v) is 1.68. The number of nitrogens with two attached hydrogens (primary N) is 1. The highest BCUT2D eigenvalue weighted by Gasteiger charge is 2.10. The summed E-state index contributed by atoms with van der Waals surface area (Å²) in [5.74, 6) is 1.84. The zero-order valence-electron chi connectivity index (χ0n) is 10.8. The standard InChI is InChI=1S/C13H17N3O2/c1-8-4-5-11(9(2)14)12(6-8)17-7-13-15-10(3)18-16-13/h4-6,9H,7,14H2,1-3H3/t9-/m0/s1. The van der Waals surface area contributed by atoms with E-state index in [1.54, 1.807) is 6.92 Å². The van der Waals surface area contributed by atoms with Crippen LogP contribution in [0.5, 0.6) is 5.75 Å². The van der Waals surface area contributed by atoms with Gasteiger partial charge in [-0.1, -0.05) is 17.3 Å². The summed E-state index contributed by atoms with van der Waals surface area (Å²) in [6, 6.07) is 5.89.